The highest BCUT2D eigenvalue weighted by Gasteiger charge is 2.19. The van der Waals surface area contributed by atoms with Crippen LogP contribution in [0.15, 0.2) is 18.2 Å². The second kappa shape index (κ2) is 6.37. The van der Waals surface area contributed by atoms with Crippen molar-refractivity contribution < 1.29 is 4.79 Å². The Hall–Kier alpha value is -1.71. The summed E-state index contributed by atoms with van der Waals surface area (Å²) in [5.41, 5.74) is 3.28. The van der Waals surface area contributed by atoms with Gasteiger partial charge in [0.25, 0.3) is 0 Å². The summed E-state index contributed by atoms with van der Waals surface area (Å²) in [5, 5.41) is 9.63. The molecule has 4 nitrogen and oxygen atoms in total. The minimum atomic E-state index is -0.0738. The zero-order chi connectivity index (χ0) is 14.7. The van der Waals surface area contributed by atoms with Crippen molar-refractivity contribution in [3.63, 3.8) is 0 Å². The SMILES string of the molecule is CC1CCc2cccc(NC(=O)NC3CCCCC3)c2N1. The summed E-state index contributed by atoms with van der Waals surface area (Å²) in [6.07, 6.45) is 8.18. The first-order valence-electron chi connectivity index (χ1n) is 8.18. The number of para-hydroxylation sites is 1. The molecule has 1 unspecified atom stereocenters. The average Bonchev–Trinajstić information content (AvgIpc) is 2.49. The van der Waals surface area contributed by atoms with Crippen molar-refractivity contribution in [2.45, 2.75) is 64.0 Å². The lowest BCUT2D eigenvalue weighted by Gasteiger charge is -2.27. The Labute approximate surface area is 126 Å². The molecule has 1 aromatic rings. The highest BCUT2D eigenvalue weighted by Crippen LogP contribution is 2.32. The van der Waals surface area contributed by atoms with Gasteiger partial charge < -0.3 is 16.0 Å². The number of rotatable bonds is 2. The van der Waals surface area contributed by atoms with E-state index in [1.165, 1.54) is 24.8 Å². The number of hydrogen-bond donors (Lipinski definition) is 3. The summed E-state index contributed by atoms with van der Waals surface area (Å²) in [7, 11) is 0. The first-order valence-corrected chi connectivity index (χ1v) is 8.18. The number of anilines is 2. The number of nitrogens with one attached hydrogen (secondary N) is 3. The number of urea groups is 1. The molecular formula is C17H25N3O. The molecule has 3 N–H and O–H groups in total. The van der Waals surface area contributed by atoms with Crippen LogP contribution < -0.4 is 16.0 Å². The smallest absolute Gasteiger partial charge is 0.319 e. The standard InChI is InChI=1S/C17H25N3O/c1-12-10-11-13-6-5-9-15(16(13)18-12)20-17(21)19-14-7-3-2-4-8-14/h5-6,9,12,14,18H,2-4,7-8,10-11H2,1H3,(H2,19,20,21). The largest absolute Gasteiger partial charge is 0.381 e. The van der Waals surface area contributed by atoms with Gasteiger partial charge in [-0.05, 0) is 44.2 Å². The van der Waals surface area contributed by atoms with E-state index < -0.39 is 0 Å². The highest BCUT2D eigenvalue weighted by atomic mass is 16.2. The highest BCUT2D eigenvalue weighted by molar-refractivity contribution is 5.94. The van der Waals surface area contributed by atoms with Gasteiger partial charge in [-0.15, -0.1) is 0 Å². The third kappa shape index (κ3) is 3.49. The maximum absolute atomic E-state index is 12.2. The van der Waals surface area contributed by atoms with Crippen molar-refractivity contribution in [3.8, 4) is 0 Å². The van der Waals surface area contributed by atoms with E-state index in [0.717, 1.165) is 37.1 Å². The number of amides is 2. The maximum Gasteiger partial charge on any atom is 0.319 e. The topological polar surface area (TPSA) is 53.2 Å². The fourth-order valence-electron chi connectivity index (χ4n) is 3.36. The molecule has 2 aliphatic rings. The van der Waals surface area contributed by atoms with Gasteiger partial charge in [-0.2, -0.15) is 0 Å². The molecule has 114 valence electrons. The van der Waals surface area contributed by atoms with Crippen LogP contribution in [0.2, 0.25) is 0 Å². The molecule has 1 aromatic carbocycles. The normalized spacial score (nSPS) is 22.0. The molecule has 2 amide bonds. The van der Waals surface area contributed by atoms with Gasteiger partial charge in [-0.1, -0.05) is 31.4 Å². The van der Waals surface area contributed by atoms with E-state index in [4.69, 9.17) is 0 Å². The van der Waals surface area contributed by atoms with Crippen molar-refractivity contribution in [3.05, 3.63) is 23.8 Å². The van der Waals surface area contributed by atoms with Gasteiger partial charge in [-0.3, -0.25) is 0 Å². The zero-order valence-electron chi connectivity index (χ0n) is 12.7. The number of hydrogen-bond acceptors (Lipinski definition) is 2. The van der Waals surface area contributed by atoms with Crippen LogP contribution in [0.3, 0.4) is 0 Å². The fraction of sp³-hybridized carbons (Fsp3) is 0.588. The summed E-state index contributed by atoms with van der Waals surface area (Å²) in [6.45, 7) is 2.18. The molecule has 3 rings (SSSR count). The van der Waals surface area contributed by atoms with Gasteiger partial charge in [0.15, 0.2) is 0 Å². The van der Waals surface area contributed by atoms with Gasteiger partial charge in [0, 0.05) is 12.1 Å². The zero-order valence-corrected chi connectivity index (χ0v) is 12.7. The second-order valence-corrected chi connectivity index (χ2v) is 6.36. The van der Waals surface area contributed by atoms with Crippen LogP contribution in [-0.2, 0) is 6.42 Å². The van der Waals surface area contributed by atoms with Crippen molar-refractivity contribution in [1.29, 1.82) is 0 Å². The Morgan fingerprint density at radius 2 is 2.00 bits per heavy atom. The summed E-state index contributed by atoms with van der Waals surface area (Å²) in [6, 6.07) is 6.86. The lowest BCUT2D eigenvalue weighted by molar-refractivity contribution is 0.244. The molecule has 0 bridgehead atoms. The fourth-order valence-corrected chi connectivity index (χ4v) is 3.36. The summed E-state index contributed by atoms with van der Waals surface area (Å²) < 4.78 is 0. The van der Waals surface area contributed by atoms with Crippen molar-refractivity contribution >= 4 is 17.4 Å². The van der Waals surface area contributed by atoms with E-state index >= 15 is 0 Å². The van der Waals surface area contributed by atoms with Crippen LogP contribution >= 0.6 is 0 Å². The van der Waals surface area contributed by atoms with Gasteiger partial charge >= 0.3 is 6.03 Å². The number of aryl methyl sites for hydroxylation is 1. The minimum absolute atomic E-state index is 0.0738. The van der Waals surface area contributed by atoms with Crippen molar-refractivity contribution in [1.82, 2.24) is 5.32 Å². The Bertz CT molecular complexity index is 509. The monoisotopic (exact) mass is 287 g/mol. The Kier molecular flexibility index (Phi) is 4.32. The van der Waals surface area contributed by atoms with E-state index in [9.17, 15) is 4.79 Å². The Balaban J connectivity index is 1.65. The molecule has 4 heteroatoms. The molecule has 1 fully saturated rings. The summed E-state index contributed by atoms with van der Waals surface area (Å²) in [4.78, 5) is 12.2. The molecular weight excluding hydrogens is 262 g/mol. The average molecular weight is 287 g/mol. The maximum atomic E-state index is 12.2. The molecule has 0 aromatic heterocycles. The van der Waals surface area contributed by atoms with Crippen LogP contribution in [-0.4, -0.2) is 18.1 Å². The third-order valence-electron chi connectivity index (χ3n) is 4.58. The van der Waals surface area contributed by atoms with Gasteiger partial charge in [0.2, 0.25) is 0 Å². The van der Waals surface area contributed by atoms with Gasteiger partial charge in [0.05, 0.1) is 11.4 Å². The van der Waals surface area contributed by atoms with Gasteiger partial charge in [0.1, 0.15) is 0 Å². The molecule has 21 heavy (non-hydrogen) atoms. The van der Waals surface area contributed by atoms with Crippen LogP contribution in [0.1, 0.15) is 51.0 Å². The third-order valence-corrected chi connectivity index (χ3v) is 4.58. The van der Waals surface area contributed by atoms with E-state index in [1.54, 1.807) is 0 Å². The van der Waals surface area contributed by atoms with Crippen LogP contribution in [0.5, 0.6) is 0 Å². The quantitative estimate of drug-likeness (QED) is 0.773. The Morgan fingerprint density at radius 3 is 2.81 bits per heavy atom. The summed E-state index contributed by atoms with van der Waals surface area (Å²) >= 11 is 0. The molecule has 1 aliphatic heterocycles. The van der Waals surface area contributed by atoms with Crippen LogP contribution in [0.4, 0.5) is 16.2 Å². The van der Waals surface area contributed by atoms with Crippen molar-refractivity contribution in [2.75, 3.05) is 10.6 Å². The van der Waals surface area contributed by atoms with Gasteiger partial charge in [-0.25, -0.2) is 4.79 Å². The first kappa shape index (κ1) is 14.2. The van der Waals surface area contributed by atoms with Crippen molar-refractivity contribution in [2.24, 2.45) is 0 Å². The first-order chi connectivity index (χ1) is 10.2. The number of fused-ring (bicyclic) bond motifs is 1. The molecule has 1 heterocycles. The molecule has 1 aliphatic carbocycles. The molecule has 0 spiro atoms. The molecule has 0 saturated heterocycles. The molecule has 1 atom stereocenters. The van der Waals surface area contributed by atoms with Crippen LogP contribution in [0, 0.1) is 0 Å². The lowest BCUT2D eigenvalue weighted by Crippen LogP contribution is -2.39. The predicted molar refractivity (Wildman–Crippen MR) is 86.9 cm³/mol. The predicted octanol–water partition coefficient (Wildman–Crippen LogP) is 3.89. The van der Waals surface area contributed by atoms with E-state index in [2.05, 4.69) is 28.9 Å². The number of benzene rings is 1. The van der Waals surface area contributed by atoms with Crippen LogP contribution in [0.25, 0.3) is 0 Å². The lowest BCUT2D eigenvalue weighted by atomic mass is 9.96. The Morgan fingerprint density at radius 1 is 1.19 bits per heavy atom. The second-order valence-electron chi connectivity index (χ2n) is 6.36. The number of carbonyl (C=O) groups excluding carboxylic acids is 1. The molecule has 0 radical (unpaired) electrons. The van der Waals surface area contributed by atoms with E-state index in [1.807, 2.05) is 12.1 Å². The molecule has 1 saturated carbocycles. The summed E-state index contributed by atoms with van der Waals surface area (Å²) in [5.74, 6) is 0. The number of carbonyl (C=O) groups is 1. The minimum Gasteiger partial charge on any atom is -0.381 e. The van der Waals surface area contributed by atoms with E-state index in [0.29, 0.717) is 12.1 Å². The van der Waals surface area contributed by atoms with E-state index in [-0.39, 0.29) is 6.03 Å².